The van der Waals surface area contributed by atoms with Crippen LogP contribution < -0.4 is 9.46 Å². The molecular weight excluding hydrogens is 390 g/mol. The molecule has 0 bridgehead atoms. The summed E-state index contributed by atoms with van der Waals surface area (Å²) in [6.07, 6.45) is 1.05. The van der Waals surface area contributed by atoms with Gasteiger partial charge in [0.2, 0.25) is 10.0 Å². The van der Waals surface area contributed by atoms with Crippen LogP contribution in [0.5, 0.6) is 5.75 Å². The summed E-state index contributed by atoms with van der Waals surface area (Å²) in [5, 5.41) is 0. The first-order valence-corrected chi connectivity index (χ1v) is 10.6. The summed E-state index contributed by atoms with van der Waals surface area (Å²) >= 11 is 0. The third-order valence-corrected chi connectivity index (χ3v) is 4.64. The Balaban J connectivity index is 1.58. The van der Waals surface area contributed by atoms with Gasteiger partial charge in [-0.05, 0) is 48.5 Å². The van der Waals surface area contributed by atoms with E-state index >= 15 is 0 Å². The first-order valence-electron chi connectivity index (χ1n) is 8.75. The normalized spacial score (nSPS) is 10.9. The summed E-state index contributed by atoms with van der Waals surface area (Å²) in [5.41, 5.74) is 1.91. The summed E-state index contributed by atoms with van der Waals surface area (Å²) in [5.74, 6) is 0.134. The Hall–Kier alpha value is -3.45. The largest absolute Gasteiger partial charge is 0.485 e. The van der Waals surface area contributed by atoms with Crippen molar-refractivity contribution in [2.45, 2.75) is 0 Å². The van der Waals surface area contributed by atoms with Gasteiger partial charge in [-0.3, -0.25) is 14.3 Å². The van der Waals surface area contributed by atoms with Crippen molar-refractivity contribution in [3.05, 3.63) is 95.6 Å². The van der Waals surface area contributed by atoms with Gasteiger partial charge in [-0.1, -0.05) is 30.3 Å². The van der Waals surface area contributed by atoms with Crippen LogP contribution in [0.4, 0.5) is 5.69 Å². The Morgan fingerprint density at radius 1 is 0.793 bits per heavy atom. The smallest absolute Gasteiger partial charge is 0.229 e. The van der Waals surface area contributed by atoms with Crippen LogP contribution in [0.2, 0.25) is 0 Å². The second-order valence-electron chi connectivity index (χ2n) is 6.38. The van der Waals surface area contributed by atoms with E-state index in [2.05, 4.69) is 4.72 Å². The predicted octanol–water partition coefficient (Wildman–Crippen LogP) is 3.55. The molecule has 0 aliphatic rings. The lowest BCUT2D eigenvalue weighted by atomic mass is 10.0. The molecule has 0 aliphatic carbocycles. The molecular formula is C22H19NO5S. The lowest BCUT2D eigenvalue weighted by Crippen LogP contribution is -2.12. The zero-order valence-corrected chi connectivity index (χ0v) is 16.5. The second-order valence-corrected chi connectivity index (χ2v) is 8.13. The molecule has 29 heavy (non-hydrogen) atoms. The van der Waals surface area contributed by atoms with Crippen molar-refractivity contribution >= 4 is 27.3 Å². The highest BCUT2D eigenvalue weighted by molar-refractivity contribution is 7.92. The van der Waals surface area contributed by atoms with E-state index in [-0.39, 0.29) is 18.2 Å². The van der Waals surface area contributed by atoms with Crippen molar-refractivity contribution in [2.75, 3.05) is 17.6 Å². The summed E-state index contributed by atoms with van der Waals surface area (Å²) < 4.78 is 30.2. The number of ether oxygens (including phenoxy) is 1. The van der Waals surface area contributed by atoms with E-state index in [0.29, 0.717) is 28.1 Å². The van der Waals surface area contributed by atoms with Gasteiger partial charge in [-0.15, -0.1) is 0 Å². The molecule has 6 nitrogen and oxygen atoms in total. The average Bonchev–Trinajstić information content (AvgIpc) is 2.72. The molecule has 0 saturated heterocycles. The molecule has 0 amide bonds. The van der Waals surface area contributed by atoms with Crippen molar-refractivity contribution in [3.8, 4) is 5.75 Å². The predicted molar refractivity (Wildman–Crippen MR) is 111 cm³/mol. The van der Waals surface area contributed by atoms with E-state index in [4.69, 9.17) is 4.74 Å². The highest BCUT2D eigenvalue weighted by Gasteiger charge is 2.10. The molecule has 0 aromatic heterocycles. The number of carbonyl (C=O) groups excluding carboxylic acids is 2. The van der Waals surface area contributed by atoms with E-state index < -0.39 is 10.0 Å². The minimum atomic E-state index is -3.37. The second kappa shape index (κ2) is 8.70. The van der Waals surface area contributed by atoms with Gasteiger partial charge in [0, 0.05) is 22.4 Å². The average molecular weight is 409 g/mol. The van der Waals surface area contributed by atoms with Crippen molar-refractivity contribution in [1.29, 1.82) is 0 Å². The number of anilines is 1. The van der Waals surface area contributed by atoms with Gasteiger partial charge in [0.15, 0.2) is 18.2 Å². The highest BCUT2D eigenvalue weighted by Crippen LogP contribution is 2.17. The Morgan fingerprint density at radius 2 is 1.34 bits per heavy atom. The van der Waals surface area contributed by atoms with Crippen LogP contribution >= 0.6 is 0 Å². The summed E-state index contributed by atoms with van der Waals surface area (Å²) in [6.45, 7) is -0.176. The lowest BCUT2D eigenvalue weighted by molar-refractivity contribution is 0.0920. The number of rotatable bonds is 8. The van der Waals surface area contributed by atoms with Crippen LogP contribution in [-0.2, 0) is 10.0 Å². The van der Waals surface area contributed by atoms with Crippen molar-refractivity contribution < 1.29 is 22.7 Å². The molecule has 3 aromatic carbocycles. The van der Waals surface area contributed by atoms with Gasteiger partial charge >= 0.3 is 0 Å². The maximum atomic E-state index is 12.4. The SMILES string of the molecule is CS(=O)(=O)Nc1ccc(C(=O)COc2ccc(C(=O)c3ccccc3)cc2)cc1. The van der Waals surface area contributed by atoms with Crippen LogP contribution in [0, 0.1) is 0 Å². The molecule has 0 aliphatic heterocycles. The van der Waals surface area contributed by atoms with E-state index in [0.717, 1.165) is 6.26 Å². The number of hydrogen-bond donors (Lipinski definition) is 1. The van der Waals surface area contributed by atoms with E-state index in [1.54, 1.807) is 48.5 Å². The molecule has 3 rings (SSSR count). The number of nitrogens with one attached hydrogen (secondary N) is 1. The van der Waals surface area contributed by atoms with Crippen molar-refractivity contribution in [3.63, 3.8) is 0 Å². The van der Waals surface area contributed by atoms with Gasteiger partial charge in [0.25, 0.3) is 0 Å². The van der Waals surface area contributed by atoms with Crippen LogP contribution in [0.3, 0.4) is 0 Å². The van der Waals surface area contributed by atoms with Gasteiger partial charge in [0.1, 0.15) is 5.75 Å². The number of ketones is 2. The number of hydrogen-bond acceptors (Lipinski definition) is 5. The van der Waals surface area contributed by atoms with Crippen molar-refractivity contribution in [1.82, 2.24) is 0 Å². The maximum absolute atomic E-state index is 12.4. The Labute approximate surface area is 169 Å². The maximum Gasteiger partial charge on any atom is 0.229 e. The Bertz CT molecular complexity index is 1110. The van der Waals surface area contributed by atoms with E-state index in [1.807, 2.05) is 6.07 Å². The molecule has 0 heterocycles. The Kier molecular flexibility index (Phi) is 6.09. The standard InChI is InChI=1S/C22H19NO5S/c1-29(26,27)23-19-11-7-16(8-12-19)21(24)15-28-20-13-9-18(10-14-20)22(25)17-5-3-2-4-6-17/h2-14,23H,15H2,1H3. The van der Waals surface area contributed by atoms with Gasteiger partial charge in [-0.25, -0.2) is 8.42 Å². The molecule has 0 saturated carbocycles. The molecule has 0 radical (unpaired) electrons. The first kappa shape index (κ1) is 20.3. The molecule has 7 heteroatoms. The monoisotopic (exact) mass is 409 g/mol. The summed E-state index contributed by atoms with van der Waals surface area (Å²) in [6, 6.07) is 21.6. The zero-order chi connectivity index (χ0) is 20.9. The van der Waals surface area contributed by atoms with E-state index in [9.17, 15) is 18.0 Å². The van der Waals surface area contributed by atoms with Gasteiger partial charge in [-0.2, -0.15) is 0 Å². The van der Waals surface area contributed by atoms with Gasteiger partial charge in [0.05, 0.1) is 6.26 Å². The third-order valence-electron chi connectivity index (χ3n) is 4.03. The molecule has 0 unspecified atom stereocenters. The van der Waals surface area contributed by atoms with Crippen LogP contribution in [-0.4, -0.2) is 32.8 Å². The lowest BCUT2D eigenvalue weighted by Gasteiger charge is -2.08. The van der Waals surface area contributed by atoms with Crippen LogP contribution in [0.15, 0.2) is 78.9 Å². The molecule has 0 spiro atoms. The first-order chi connectivity index (χ1) is 13.8. The number of benzene rings is 3. The Morgan fingerprint density at radius 3 is 1.93 bits per heavy atom. The quantitative estimate of drug-likeness (QED) is 0.575. The third kappa shape index (κ3) is 5.76. The minimum Gasteiger partial charge on any atom is -0.485 e. The highest BCUT2D eigenvalue weighted by atomic mass is 32.2. The fourth-order valence-electron chi connectivity index (χ4n) is 2.63. The summed E-state index contributed by atoms with van der Waals surface area (Å²) in [7, 11) is -3.37. The van der Waals surface area contributed by atoms with Crippen LogP contribution in [0.1, 0.15) is 26.3 Å². The fraction of sp³-hybridized carbons (Fsp3) is 0.0909. The minimum absolute atomic E-state index is 0.0870. The number of Topliss-reactive ketones (excluding diaryl/α,β-unsaturated/α-hetero) is 1. The van der Waals surface area contributed by atoms with Crippen LogP contribution in [0.25, 0.3) is 0 Å². The molecule has 1 N–H and O–H groups in total. The van der Waals surface area contributed by atoms with E-state index in [1.165, 1.54) is 24.3 Å². The molecule has 148 valence electrons. The number of carbonyl (C=O) groups is 2. The molecule has 0 fully saturated rings. The summed E-state index contributed by atoms with van der Waals surface area (Å²) in [4.78, 5) is 24.6. The zero-order valence-electron chi connectivity index (χ0n) is 15.7. The fourth-order valence-corrected chi connectivity index (χ4v) is 3.19. The van der Waals surface area contributed by atoms with Gasteiger partial charge < -0.3 is 4.74 Å². The van der Waals surface area contributed by atoms with Crippen molar-refractivity contribution in [2.24, 2.45) is 0 Å². The topological polar surface area (TPSA) is 89.5 Å². The number of sulfonamides is 1. The molecule has 3 aromatic rings. The molecule has 0 atom stereocenters.